The average molecular weight is 461 g/mol. The van der Waals surface area contributed by atoms with Crippen LogP contribution in [0.5, 0.6) is 5.75 Å². The van der Waals surface area contributed by atoms with Gasteiger partial charge >= 0.3 is 5.97 Å². The molecule has 1 aliphatic rings. The number of hydrogen-bond donors (Lipinski definition) is 1. The molecule has 0 radical (unpaired) electrons. The number of amides is 1. The number of morpholine rings is 1. The minimum absolute atomic E-state index is 0.0215. The van der Waals surface area contributed by atoms with E-state index in [4.69, 9.17) is 19.9 Å². The van der Waals surface area contributed by atoms with Crippen LogP contribution in [0, 0.1) is 0 Å². The Bertz CT molecular complexity index is 1080. The van der Waals surface area contributed by atoms with Crippen LogP contribution in [-0.2, 0) is 35.7 Å². The van der Waals surface area contributed by atoms with Gasteiger partial charge in [-0.15, -0.1) is 0 Å². The number of ether oxygens (including phenoxy) is 3. The van der Waals surface area contributed by atoms with E-state index in [1.807, 2.05) is 0 Å². The number of carbonyl (C=O) groups is 2. The Balaban J connectivity index is 1.53. The van der Waals surface area contributed by atoms with Crippen LogP contribution >= 0.6 is 0 Å². The Morgan fingerprint density at radius 2 is 1.81 bits per heavy atom. The van der Waals surface area contributed by atoms with Crippen molar-refractivity contribution in [3.05, 3.63) is 65.7 Å². The largest absolute Gasteiger partial charge is 0.484 e. The molecule has 1 saturated heterocycles. The second-order valence-electron chi connectivity index (χ2n) is 6.93. The van der Waals surface area contributed by atoms with E-state index < -0.39 is 21.9 Å². The van der Waals surface area contributed by atoms with Crippen molar-refractivity contribution in [2.75, 3.05) is 32.9 Å². The molecule has 3 rings (SSSR count). The molecule has 2 N–H and O–H groups in total. The van der Waals surface area contributed by atoms with E-state index in [9.17, 15) is 18.0 Å². The second kappa shape index (κ2) is 10.9. The molecule has 2 aromatic rings. The summed E-state index contributed by atoms with van der Waals surface area (Å²) >= 11 is 0. The topological polar surface area (TPSA) is 125 Å². The summed E-state index contributed by atoms with van der Waals surface area (Å²) in [5.74, 6) is -0.697. The Labute approximate surface area is 186 Å². The van der Waals surface area contributed by atoms with Crippen molar-refractivity contribution in [1.29, 1.82) is 0 Å². The first-order valence-corrected chi connectivity index (χ1v) is 11.3. The minimum atomic E-state index is -3.56. The molecule has 2 aromatic carbocycles. The van der Waals surface area contributed by atoms with Crippen molar-refractivity contribution < 1.29 is 32.2 Å². The number of sulfonamides is 1. The summed E-state index contributed by atoms with van der Waals surface area (Å²) in [5, 5.41) is 0. The van der Waals surface area contributed by atoms with Crippen LogP contribution in [0.2, 0.25) is 0 Å². The van der Waals surface area contributed by atoms with Gasteiger partial charge in [-0.3, -0.25) is 4.79 Å². The Kier molecular flexibility index (Phi) is 7.98. The quantitative estimate of drug-likeness (QED) is 0.442. The van der Waals surface area contributed by atoms with Gasteiger partial charge < -0.3 is 19.9 Å². The molecule has 0 aromatic heterocycles. The number of nitrogens with two attached hydrogens (primary N) is 1. The highest BCUT2D eigenvalue weighted by molar-refractivity contribution is 7.89. The van der Waals surface area contributed by atoms with Crippen molar-refractivity contribution in [1.82, 2.24) is 4.31 Å². The lowest BCUT2D eigenvalue weighted by Crippen LogP contribution is -2.40. The third-order valence-electron chi connectivity index (χ3n) is 4.56. The molecule has 0 spiro atoms. The van der Waals surface area contributed by atoms with Crippen LogP contribution < -0.4 is 10.5 Å². The number of hydrogen-bond acceptors (Lipinski definition) is 7. The van der Waals surface area contributed by atoms with Gasteiger partial charge in [-0.1, -0.05) is 24.3 Å². The zero-order chi connectivity index (χ0) is 23.0. The normalized spacial score (nSPS) is 14.9. The van der Waals surface area contributed by atoms with Crippen molar-refractivity contribution >= 4 is 28.0 Å². The third kappa shape index (κ3) is 6.64. The van der Waals surface area contributed by atoms with Crippen LogP contribution in [0.3, 0.4) is 0 Å². The smallest absolute Gasteiger partial charge is 0.331 e. The summed E-state index contributed by atoms with van der Waals surface area (Å²) in [7, 11) is -3.56. The molecule has 10 heteroatoms. The van der Waals surface area contributed by atoms with E-state index in [0.29, 0.717) is 43.2 Å². The first kappa shape index (κ1) is 23.5. The monoisotopic (exact) mass is 460 g/mol. The minimum Gasteiger partial charge on any atom is -0.484 e. The van der Waals surface area contributed by atoms with E-state index in [1.165, 1.54) is 22.5 Å². The fourth-order valence-electron chi connectivity index (χ4n) is 2.93. The fraction of sp³-hybridized carbons (Fsp3) is 0.273. The fourth-order valence-corrected chi connectivity index (χ4v) is 4.34. The molecule has 0 saturated carbocycles. The highest BCUT2D eigenvalue weighted by atomic mass is 32.2. The van der Waals surface area contributed by atoms with Crippen molar-refractivity contribution in [2.24, 2.45) is 5.73 Å². The summed E-state index contributed by atoms with van der Waals surface area (Å²) in [6.07, 6.45) is 2.80. The zero-order valence-corrected chi connectivity index (χ0v) is 18.1. The lowest BCUT2D eigenvalue weighted by Gasteiger charge is -2.26. The summed E-state index contributed by atoms with van der Waals surface area (Å²) in [4.78, 5) is 23.0. The van der Waals surface area contributed by atoms with E-state index in [-0.39, 0.29) is 18.1 Å². The van der Waals surface area contributed by atoms with Gasteiger partial charge in [-0.05, 0) is 41.5 Å². The van der Waals surface area contributed by atoms with E-state index in [1.54, 1.807) is 42.5 Å². The van der Waals surface area contributed by atoms with Gasteiger partial charge in [-0.2, -0.15) is 4.31 Å². The third-order valence-corrected chi connectivity index (χ3v) is 6.47. The molecule has 9 nitrogen and oxygen atoms in total. The molecular formula is C22H24N2O7S. The Morgan fingerprint density at radius 3 is 2.50 bits per heavy atom. The van der Waals surface area contributed by atoms with Gasteiger partial charge in [0.2, 0.25) is 10.0 Å². The summed E-state index contributed by atoms with van der Waals surface area (Å²) in [5.41, 5.74) is 6.39. The number of primary amides is 1. The maximum atomic E-state index is 12.6. The van der Waals surface area contributed by atoms with Crippen LogP contribution in [0.1, 0.15) is 11.1 Å². The molecule has 0 bridgehead atoms. The number of nitrogens with zero attached hydrogens (tertiary/aromatic N) is 1. The molecule has 1 amide bonds. The Hall–Kier alpha value is -3.21. The van der Waals surface area contributed by atoms with Crippen LogP contribution in [-0.4, -0.2) is 57.5 Å². The first-order valence-electron chi connectivity index (χ1n) is 9.87. The molecule has 0 unspecified atom stereocenters. The van der Waals surface area contributed by atoms with Crippen molar-refractivity contribution in [2.45, 2.75) is 11.5 Å². The van der Waals surface area contributed by atoms with E-state index >= 15 is 0 Å². The van der Waals surface area contributed by atoms with Gasteiger partial charge in [0.05, 0.1) is 18.1 Å². The predicted molar refractivity (Wildman–Crippen MR) is 116 cm³/mol. The van der Waals surface area contributed by atoms with Crippen LogP contribution in [0.4, 0.5) is 0 Å². The maximum Gasteiger partial charge on any atom is 0.331 e. The summed E-state index contributed by atoms with van der Waals surface area (Å²) in [6.45, 7) is 1.21. The van der Waals surface area contributed by atoms with Crippen molar-refractivity contribution in [3.8, 4) is 5.75 Å². The Morgan fingerprint density at radius 1 is 1.09 bits per heavy atom. The van der Waals surface area contributed by atoms with Gasteiger partial charge in [0.25, 0.3) is 5.91 Å². The van der Waals surface area contributed by atoms with E-state index in [2.05, 4.69) is 0 Å². The lowest BCUT2D eigenvalue weighted by atomic mass is 10.2. The summed E-state index contributed by atoms with van der Waals surface area (Å²) < 4.78 is 42.3. The molecule has 0 atom stereocenters. The van der Waals surface area contributed by atoms with Gasteiger partial charge in [0.1, 0.15) is 12.4 Å². The molecular weight excluding hydrogens is 436 g/mol. The molecule has 0 aliphatic carbocycles. The SMILES string of the molecule is NC(=O)COc1cccc(COC(=O)/C=C/c2ccc(S(=O)(=O)N3CCOCC3)cc2)c1. The number of benzene rings is 2. The molecule has 1 aliphatic heterocycles. The lowest BCUT2D eigenvalue weighted by molar-refractivity contribution is -0.138. The number of rotatable bonds is 9. The van der Waals surface area contributed by atoms with Gasteiger partial charge in [0.15, 0.2) is 6.61 Å². The predicted octanol–water partition coefficient (Wildman–Crippen LogP) is 1.33. The molecule has 32 heavy (non-hydrogen) atoms. The van der Waals surface area contributed by atoms with Crippen molar-refractivity contribution in [3.63, 3.8) is 0 Å². The average Bonchev–Trinajstić information content (AvgIpc) is 2.81. The molecule has 1 heterocycles. The first-order chi connectivity index (χ1) is 15.3. The molecule has 170 valence electrons. The van der Waals surface area contributed by atoms with E-state index in [0.717, 1.165) is 0 Å². The maximum absolute atomic E-state index is 12.6. The van der Waals surface area contributed by atoms with Gasteiger partial charge in [-0.25, -0.2) is 13.2 Å². The highest BCUT2D eigenvalue weighted by Gasteiger charge is 2.25. The number of esters is 1. The second-order valence-corrected chi connectivity index (χ2v) is 8.87. The van der Waals surface area contributed by atoms with Gasteiger partial charge in [0, 0.05) is 19.2 Å². The van der Waals surface area contributed by atoms with Crippen LogP contribution in [0.25, 0.3) is 6.08 Å². The molecule has 1 fully saturated rings. The van der Waals surface area contributed by atoms with Crippen LogP contribution in [0.15, 0.2) is 59.5 Å². The highest BCUT2D eigenvalue weighted by Crippen LogP contribution is 2.18. The standard InChI is InChI=1S/C22H24N2O7S/c23-21(25)16-30-19-3-1-2-18(14-19)15-31-22(26)9-6-17-4-7-20(8-5-17)32(27,28)24-10-12-29-13-11-24/h1-9,14H,10-13,15-16H2,(H2,23,25)/b9-6+. The zero-order valence-electron chi connectivity index (χ0n) is 17.3. The number of carbonyl (C=O) groups excluding carboxylic acids is 2. The summed E-state index contributed by atoms with van der Waals surface area (Å²) in [6, 6.07) is 13.0.